The summed E-state index contributed by atoms with van der Waals surface area (Å²) in [6.45, 7) is 17.8. The van der Waals surface area contributed by atoms with E-state index in [1.807, 2.05) is 39.8 Å². The molecule has 0 saturated carbocycles. The van der Waals surface area contributed by atoms with Gasteiger partial charge in [-0.3, -0.25) is 0 Å². The van der Waals surface area contributed by atoms with Crippen LogP contribution in [0.3, 0.4) is 0 Å². The van der Waals surface area contributed by atoms with E-state index in [4.69, 9.17) is 9.47 Å². The van der Waals surface area contributed by atoms with E-state index >= 15 is 0 Å². The predicted molar refractivity (Wildman–Crippen MR) is 88.6 cm³/mol. The lowest BCUT2D eigenvalue weighted by molar-refractivity contribution is 0.0637. The highest BCUT2D eigenvalue weighted by Gasteiger charge is 2.26. The normalized spacial score (nSPS) is 11.0. The fraction of sp³-hybridized carbons (Fsp3) is 0.444. The Morgan fingerprint density at radius 3 is 2.67 bits per heavy atom. The highest BCUT2D eigenvalue weighted by atomic mass is 16.5. The second-order valence-corrected chi connectivity index (χ2v) is 5.49. The molecule has 1 aromatic rings. The molecule has 0 aliphatic rings. The summed E-state index contributed by atoms with van der Waals surface area (Å²) in [4.78, 5) is 0. The van der Waals surface area contributed by atoms with Crippen molar-refractivity contribution < 1.29 is 9.47 Å². The van der Waals surface area contributed by atoms with Gasteiger partial charge >= 0.3 is 0 Å². The minimum Gasteiger partial charge on any atom is -0.495 e. The maximum absolute atomic E-state index is 6.07. The fourth-order valence-electron chi connectivity index (χ4n) is 1.93. The van der Waals surface area contributed by atoms with Crippen molar-refractivity contribution >= 4 is 0 Å². The first-order valence-corrected chi connectivity index (χ1v) is 7.33. The van der Waals surface area contributed by atoms with Crippen LogP contribution in [0, 0.1) is 6.92 Å². The van der Waals surface area contributed by atoms with Crippen LogP contribution < -0.4 is 10.1 Å². The van der Waals surface area contributed by atoms with Gasteiger partial charge in [0.1, 0.15) is 11.5 Å². The van der Waals surface area contributed by atoms with E-state index in [9.17, 15) is 0 Å². The minimum atomic E-state index is -0.552. The SMILES string of the molecule is C=CCNCc1ccc(OC(C)(C)C(=C)OCC)c(C)c1. The van der Waals surface area contributed by atoms with Crippen molar-refractivity contribution in [3.8, 4) is 5.75 Å². The molecule has 0 fully saturated rings. The molecule has 0 aliphatic carbocycles. The lowest BCUT2D eigenvalue weighted by atomic mass is 10.1. The number of hydrogen-bond donors (Lipinski definition) is 1. The minimum absolute atomic E-state index is 0.552. The summed E-state index contributed by atoms with van der Waals surface area (Å²) < 4.78 is 11.5. The van der Waals surface area contributed by atoms with E-state index in [-0.39, 0.29) is 0 Å². The van der Waals surface area contributed by atoms with E-state index in [1.54, 1.807) is 0 Å². The van der Waals surface area contributed by atoms with Crippen LogP contribution in [0.25, 0.3) is 0 Å². The molecular formula is C18H27NO2. The largest absolute Gasteiger partial charge is 0.495 e. The fourth-order valence-corrected chi connectivity index (χ4v) is 1.93. The van der Waals surface area contributed by atoms with Crippen LogP contribution in [0.2, 0.25) is 0 Å². The van der Waals surface area contributed by atoms with E-state index in [0.29, 0.717) is 12.4 Å². The molecule has 116 valence electrons. The van der Waals surface area contributed by atoms with Gasteiger partial charge in [0.05, 0.1) is 6.61 Å². The van der Waals surface area contributed by atoms with Gasteiger partial charge < -0.3 is 14.8 Å². The lowest BCUT2D eigenvalue weighted by Gasteiger charge is -2.29. The van der Waals surface area contributed by atoms with Crippen molar-refractivity contribution in [1.82, 2.24) is 5.32 Å². The molecule has 0 aliphatic heterocycles. The smallest absolute Gasteiger partial charge is 0.159 e. The molecule has 3 nitrogen and oxygen atoms in total. The van der Waals surface area contributed by atoms with Crippen LogP contribution in [-0.4, -0.2) is 18.8 Å². The zero-order chi connectivity index (χ0) is 15.9. The molecule has 3 heteroatoms. The molecule has 0 amide bonds. The van der Waals surface area contributed by atoms with Gasteiger partial charge in [0.25, 0.3) is 0 Å². The van der Waals surface area contributed by atoms with Crippen LogP contribution in [0.5, 0.6) is 5.75 Å². The molecule has 0 saturated heterocycles. The molecule has 21 heavy (non-hydrogen) atoms. The Balaban J connectivity index is 2.76. The van der Waals surface area contributed by atoms with E-state index in [1.165, 1.54) is 5.56 Å². The van der Waals surface area contributed by atoms with Crippen molar-refractivity contribution in [2.24, 2.45) is 0 Å². The van der Waals surface area contributed by atoms with Gasteiger partial charge in [0.15, 0.2) is 5.60 Å². The second kappa shape index (κ2) is 7.89. The van der Waals surface area contributed by atoms with Gasteiger partial charge in [-0.2, -0.15) is 0 Å². The third-order valence-electron chi connectivity index (χ3n) is 3.21. The monoisotopic (exact) mass is 289 g/mol. The second-order valence-electron chi connectivity index (χ2n) is 5.49. The van der Waals surface area contributed by atoms with Crippen LogP contribution in [0.4, 0.5) is 0 Å². The Hall–Kier alpha value is -1.74. The summed E-state index contributed by atoms with van der Waals surface area (Å²) in [5, 5.41) is 3.29. The lowest BCUT2D eigenvalue weighted by Crippen LogP contribution is -2.32. The summed E-state index contributed by atoms with van der Waals surface area (Å²) in [6, 6.07) is 6.20. The molecular weight excluding hydrogens is 262 g/mol. The quantitative estimate of drug-likeness (QED) is 0.424. The van der Waals surface area contributed by atoms with E-state index in [2.05, 4.69) is 30.6 Å². The Kier molecular flexibility index (Phi) is 6.50. The first-order chi connectivity index (χ1) is 9.90. The molecule has 1 N–H and O–H groups in total. The first kappa shape index (κ1) is 17.3. The number of aryl methyl sites for hydroxylation is 1. The number of nitrogens with one attached hydrogen (secondary N) is 1. The summed E-state index contributed by atoms with van der Waals surface area (Å²) in [5.74, 6) is 1.49. The molecule has 0 bridgehead atoms. The molecule has 0 spiro atoms. The van der Waals surface area contributed by atoms with Crippen molar-refractivity contribution in [2.75, 3.05) is 13.2 Å². The Labute approximate surface area is 128 Å². The van der Waals surface area contributed by atoms with Crippen LogP contribution in [0.1, 0.15) is 31.9 Å². The van der Waals surface area contributed by atoms with Gasteiger partial charge in [-0.05, 0) is 44.9 Å². The standard InChI is InChI=1S/C18H27NO2/c1-7-11-19-13-16-9-10-17(14(3)12-16)21-18(5,6)15(4)20-8-2/h7,9-10,12,19H,1,4,8,11,13H2,2-3,5-6H3. The maximum atomic E-state index is 6.07. The highest BCUT2D eigenvalue weighted by Crippen LogP contribution is 2.27. The number of ether oxygens (including phenoxy) is 2. The molecule has 0 heterocycles. The molecule has 0 unspecified atom stereocenters. The molecule has 0 atom stereocenters. The van der Waals surface area contributed by atoms with Crippen molar-refractivity contribution in [1.29, 1.82) is 0 Å². The van der Waals surface area contributed by atoms with E-state index in [0.717, 1.165) is 24.4 Å². The Morgan fingerprint density at radius 1 is 1.38 bits per heavy atom. The van der Waals surface area contributed by atoms with Crippen molar-refractivity contribution in [2.45, 2.75) is 39.8 Å². The molecule has 0 radical (unpaired) electrons. The van der Waals surface area contributed by atoms with Crippen molar-refractivity contribution in [3.05, 3.63) is 54.3 Å². The van der Waals surface area contributed by atoms with Crippen LogP contribution in [-0.2, 0) is 11.3 Å². The molecule has 1 aromatic carbocycles. The summed E-state index contributed by atoms with van der Waals surface area (Å²) in [5.41, 5.74) is 1.78. The average molecular weight is 289 g/mol. The van der Waals surface area contributed by atoms with Crippen LogP contribution >= 0.6 is 0 Å². The zero-order valence-corrected chi connectivity index (χ0v) is 13.7. The van der Waals surface area contributed by atoms with Crippen molar-refractivity contribution in [3.63, 3.8) is 0 Å². The average Bonchev–Trinajstić information content (AvgIpc) is 2.42. The van der Waals surface area contributed by atoms with Gasteiger partial charge in [0.2, 0.25) is 0 Å². The number of rotatable bonds is 9. The van der Waals surface area contributed by atoms with Gasteiger partial charge in [-0.1, -0.05) is 24.8 Å². The highest BCUT2D eigenvalue weighted by molar-refractivity contribution is 5.37. The molecule has 0 aromatic heterocycles. The first-order valence-electron chi connectivity index (χ1n) is 7.33. The predicted octanol–water partition coefficient (Wildman–Crippen LogP) is 3.98. The third-order valence-corrected chi connectivity index (χ3v) is 3.21. The summed E-state index contributed by atoms with van der Waals surface area (Å²) in [6.07, 6.45) is 1.85. The topological polar surface area (TPSA) is 30.5 Å². The number of hydrogen-bond acceptors (Lipinski definition) is 3. The Morgan fingerprint density at radius 2 is 2.10 bits per heavy atom. The Bertz CT molecular complexity index is 492. The van der Waals surface area contributed by atoms with Gasteiger partial charge in [-0.15, -0.1) is 6.58 Å². The third kappa shape index (κ3) is 5.27. The molecule has 1 rings (SSSR count). The zero-order valence-electron chi connectivity index (χ0n) is 13.7. The van der Waals surface area contributed by atoms with Gasteiger partial charge in [0, 0.05) is 13.1 Å². The summed E-state index contributed by atoms with van der Waals surface area (Å²) >= 11 is 0. The van der Waals surface area contributed by atoms with Crippen LogP contribution in [0.15, 0.2) is 43.2 Å². The van der Waals surface area contributed by atoms with E-state index < -0.39 is 5.60 Å². The summed E-state index contributed by atoms with van der Waals surface area (Å²) in [7, 11) is 0. The van der Waals surface area contributed by atoms with Gasteiger partial charge in [-0.25, -0.2) is 0 Å². The number of benzene rings is 1. The maximum Gasteiger partial charge on any atom is 0.159 e.